The van der Waals surface area contributed by atoms with Gasteiger partial charge in [0.1, 0.15) is 17.3 Å². The quantitative estimate of drug-likeness (QED) is 0.687. The number of nitro groups is 1. The Morgan fingerprint density at radius 2 is 2.21 bits per heavy atom. The molecule has 96 valence electrons. The molecule has 0 unspecified atom stereocenters. The molecule has 7 heteroatoms. The predicted octanol–water partition coefficient (Wildman–Crippen LogP) is 3.79. The van der Waals surface area contributed by atoms with Crippen LogP contribution >= 0.6 is 22.9 Å². The first-order valence-corrected chi connectivity index (χ1v) is 6.47. The lowest BCUT2D eigenvalue weighted by Crippen LogP contribution is -2.03. The summed E-state index contributed by atoms with van der Waals surface area (Å²) in [5.74, 6) is 0. The van der Waals surface area contributed by atoms with Crippen molar-refractivity contribution in [1.82, 2.24) is 0 Å². The molecule has 1 aromatic carbocycles. The molecule has 0 aliphatic rings. The second-order valence-electron chi connectivity index (χ2n) is 3.63. The number of hydrogen-bond donors (Lipinski definition) is 1. The minimum Gasteiger partial charge on any atom is -0.375 e. The summed E-state index contributed by atoms with van der Waals surface area (Å²) in [5, 5.41) is 22.9. The summed E-state index contributed by atoms with van der Waals surface area (Å²) in [5.41, 5.74) is 0.167. The molecule has 0 spiro atoms. The van der Waals surface area contributed by atoms with E-state index in [0.29, 0.717) is 16.6 Å². The Labute approximate surface area is 118 Å². The van der Waals surface area contributed by atoms with Gasteiger partial charge in [-0.1, -0.05) is 17.7 Å². The summed E-state index contributed by atoms with van der Waals surface area (Å²) in [6, 6.07) is 10.0. The maximum Gasteiger partial charge on any atom is 0.309 e. The number of nitrogens with one attached hydrogen (secondary N) is 1. The van der Waals surface area contributed by atoms with Crippen molar-refractivity contribution in [3.05, 3.63) is 55.2 Å². The van der Waals surface area contributed by atoms with Gasteiger partial charge in [0, 0.05) is 11.4 Å². The lowest BCUT2D eigenvalue weighted by atomic mass is 10.1. The highest BCUT2D eigenvalue weighted by Gasteiger charge is 2.19. The van der Waals surface area contributed by atoms with Crippen molar-refractivity contribution in [3.63, 3.8) is 0 Å². The fourth-order valence-electron chi connectivity index (χ4n) is 1.60. The van der Waals surface area contributed by atoms with Crippen LogP contribution in [-0.2, 0) is 6.54 Å². The number of nitriles is 1. The molecular formula is C12H8ClN3O2S. The summed E-state index contributed by atoms with van der Waals surface area (Å²) in [6.45, 7) is 0.424. The van der Waals surface area contributed by atoms with Gasteiger partial charge >= 0.3 is 5.69 Å². The summed E-state index contributed by atoms with van der Waals surface area (Å²) in [6.07, 6.45) is 0. The number of benzene rings is 1. The summed E-state index contributed by atoms with van der Waals surface area (Å²) in [4.78, 5) is 11.4. The topological polar surface area (TPSA) is 79.0 Å². The van der Waals surface area contributed by atoms with Crippen LogP contribution in [0.1, 0.15) is 10.4 Å². The molecule has 1 aromatic heterocycles. The van der Waals surface area contributed by atoms with Gasteiger partial charge < -0.3 is 5.32 Å². The van der Waals surface area contributed by atoms with Gasteiger partial charge in [0.05, 0.1) is 9.26 Å². The molecule has 0 radical (unpaired) electrons. The van der Waals surface area contributed by atoms with Crippen LogP contribution < -0.4 is 5.32 Å². The van der Waals surface area contributed by atoms with Crippen LogP contribution in [0.15, 0.2) is 30.3 Å². The van der Waals surface area contributed by atoms with Gasteiger partial charge in [-0.2, -0.15) is 5.26 Å². The average molecular weight is 294 g/mol. The van der Waals surface area contributed by atoms with Crippen LogP contribution in [0.2, 0.25) is 4.34 Å². The second-order valence-corrected chi connectivity index (χ2v) is 5.43. The normalized spacial score (nSPS) is 9.89. The summed E-state index contributed by atoms with van der Waals surface area (Å²) < 4.78 is 0.664. The van der Waals surface area contributed by atoms with E-state index in [4.69, 9.17) is 16.9 Å². The van der Waals surface area contributed by atoms with E-state index in [9.17, 15) is 10.1 Å². The molecule has 2 aromatic rings. The van der Waals surface area contributed by atoms with Crippen LogP contribution in [0.4, 0.5) is 11.4 Å². The molecule has 5 nitrogen and oxygen atoms in total. The van der Waals surface area contributed by atoms with E-state index in [-0.39, 0.29) is 11.3 Å². The summed E-state index contributed by atoms with van der Waals surface area (Å²) >= 11 is 7.21. The molecule has 1 N–H and O–H groups in total. The zero-order chi connectivity index (χ0) is 13.8. The SMILES string of the molecule is N#Cc1cccc(NCc2ccc(Cl)s2)c1[N+](=O)[O-]. The van der Waals surface area contributed by atoms with Crippen LogP contribution in [-0.4, -0.2) is 4.92 Å². The molecule has 19 heavy (non-hydrogen) atoms. The molecule has 0 aliphatic heterocycles. The van der Waals surface area contributed by atoms with Crippen LogP contribution in [0.5, 0.6) is 0 Å². The zero-order valence-electron chi connectivity index (χ0n) is 9.59. The third kappa shape index (κ3) is 3.02. The van der Waals surface area contributed by atoms with Gasteiger partial charge in [-0.25, -0.2) is 0 Å². The third-order valence-electron chi connectivity index (χ3n) is 2.42. The van der Waals surface area contributed by atoms with E-state index in [1.54, 1.807) is 18.2 Å². The first kappa shape index (κ1) is 13.3. The van der Waals surface area contributed by atoms with Crippen molar-refractivity contribution in [2.75, 3.05) is 5.32 Å². The Bertz CT molecular complexity index is 663. The van der Waals surface area contributed by atoms with E-state index in [2.05, 4.69) is 5.32 Å². The maximum atomic E-state index is 11.0. The van der Waals surface area contributed by atoms with E-state index in [0.717, 1.165) is 4.88 Å². The molecule has 0 bridgehead atoms. The van der Waals surface area contributed by atoms with Crippen molar-refractivity contribution >= 4 is 34.3 Å². The fourth-order valence-corrected chi connectivity index (χ4v) is 2.63. The first-order chi connectivity index (χ1) is 9.11. The van der Waals surface area contributed by atoms with Crippen molar-refractivity contribution in [2.24, 2.45) is 0 Å². The number of para-hydroxylation sites is 1. The van der Waals surface area contributed by atoms with E-state index >= 15 is 0 Å². The zero-order valence-corrected chi connectivity index (χ0v) is 11.2. The number of anilines is 1. The lowest BCUT2D eigenvalue weighted by Gasteiger charge is -2.06. The number of hydrogen-bond acceptors (Lipinski definition) is 5. The Kier molecular flexibility index (Phi) is 4.00. The largest absolute Gasteiger partial charge is 0.375 e. The van der Waals surface area contributed by atoms with Crippen LogP contribution in [0.25, 0.3) is 0 Å². The van der Waals surface area contributed by atoms with Crippen molar-refractivity contribution in [1.29, 1.82) is 5.26 Å². The van der Waals surface area contributed by atoms with Gasteiger partial charge in [0.15, 0.2) is 0 Å². The highest BCUT2D eigenvalue weighted by molar-refractivity contribution is 7.16. The minimum absolute atomic E-state index is 0.0409. The lowest BCUT2D eigenvalue weighted by molar-refractivity contribution is -0.384. The number of halogens is 1. The predicted molar refractivity (Wildman–Crippen MR) is 74.5 cm³/mol. The van der Waals surface area contributed by atoms with Crippen molar-refractivity contribution in [2.45, 2.75) is 6.54 Å². The van der Waals surface area contributed by atoms with Gasteiger partial charge in [-0.05, 0) is 24.3 Å². The van der Waals surface area contributed by atoms with Gasteiger partial charge in [-0.15, -0.1) is 11.3 Å². The Morgan fingerprint density at radius 3 is 2.79 bits per heavy atom. The van der Waals surface area contributed by atoms with E-state index in [1.165, 1.54) is 17.4 Å². The number of nitrogens with zero attached hydrogens (tertiary/aromatic N) is 2. The summed E-state index contributed by atoms with van der Waals surface area (Å²) in [7, 11) is 0. The van der Waals surface area contributed by atoms with Crippen molar-refractivity contribution < 1.29 is 4.92 Å². The van der Waals surface area contributed by atoms with Crippen LogP contribution in [0, 0.1) is 21.4 Å². The molecule has 0 fully saturated rings. The third-order valence-corrected chi connectivity index (χ3v) is 3.65. The Morgan fingerprint density at radius 1 is 1.42 bits per heavy atom. The smallest absolute Gasteiger partial charge is 0.309 e. The molecule has 0 atom stereocenters. The molecule has 2 rings (SSSR count). The number of thiophene rings is 1. The standard InChI is InChI=1S/C12H8ClN3O2S/c13-11-5-4-9(19-11)7-15-10-3-1-2-8(6-14)12(10)16(17)18/h1-5,15H,7H2. The van der Waals surface area contributed by atoms with Gasteiger partial charge in [0.2, 0.25) is 0 Å². The fraction of sp³-hybridized carbons (Fsp3) is 0.0833. The molecule has 0 amide bonds. The molecular weight excluding hydrogens is 286 g/mol. The minimum atomic E-state index is -0.553. The average Bonchev–Trinajstić information content (AvgIpc) is 2.81. The highest BCUT2D eigenvalue weighted by Crippen LogP contribution is 2.29. The molecule has 0 saturated carbocycles. The van der Waals surface area contributed by atoms with Gasteiger partial charge in [-0.3, -0.25) is 10.1 Å². The first-order valence-electron chi connectivity index (χ1n) is 5.27. The van der Waals surface area contributed by atoms with Crippen molar-refractivity contribution in [3.8, 4) is 6.07 Å². The highest BCUT2D eigenvalue weighted by atomic mass is 35.5. The van der Waals surface area contributed by atoms with E-state index in [1.807, 2.05) is 12.1 Å². The Balaban J connectivity index is 2.25. The van der Waals surface area contributed by atoms with Crippen LogP contribution in [0.3, 0.4) is 0 Å². The molecule has 0 aliphatic carbocycles. The van der Waals surface area contributed by atoms with E-state index < -0.39 is 4.92 Å². The monoisotopic (exact) mass is 293 g/mol. The second kappa shape index (κ2) is 5.69. The Hall–Kier alpha value is -2.10. The molecule has 1 heterocycles. The van der Waals surface area contributed by atoms with Gasteiger partial charge in [0.25, 0.3) is 0 Å². The molecule has 0 saturated heterocycles. The number of rotatable bonds is 4. The number of nitro benzene ring substituents is 1. The maximum absolute atomic E-state index is 11.0.